The smallest absolute Gasteiger partial charge is 0.244 e. The first-order chi connectivity index (χ1) is 13.5. The summed E-state index contributed by atoms with van der Waals surface area (Å²) in [5.41, 5.74) is 0.710. The molecule has 0 unspecified atom stereocenters. The van der Waals surface area contributed by atoms with Crippen LogP contribution in [0.2, 0.25) is 0 Å². The number of amides is 1. The van der Waals surface area contributed by atoms with E-state index in [1.165, 1.54) is 0 Å². The van der Waals surface area contributed by atoms with Gasteiger partial charge in [0.1, 0.15) is 6.54 Å². The van der Waals surface area contributed by atoms with Crippen LogP contribution in [0.1, 0.15) is 42.9 Å². The van der Waals surface area contributed by atoms with E-state index in [0.717, 1.165) is 12.8 Å². The Morgan fingerprint density at radius 1 is 1.25 bits per heavy atom. The first kappa shape index (κ1) is 20.1. The third kappa shape index (κ3) is 4.81. The molecule has 1 fully saturated rings. The van der Waals surface area contributed by atoms with Crippen LogP contribution in [-0.2, 0) is 17.9 Å². The zero-order valence-electron chi connectivity index (χ0n) is 16.8. The molecule has 8 heteroatoms. The van der Waals surface area contributed by atoms with Crippen molar-refractivity contribution in [2.75, 3.05) is 20.1 Å². The minimum absolute atomic E-state index is 0.0497. The zero-order chi connectivity index (χ0) is 20.1. The Labute approximate surface area is 165 Å². The summed E-state index contributed by atoms with van der Waals surface area (Å²) in [5, 5.41) is 11.8. The van der Waals surface area contributed by atoms with Gasteiger partial charge in [0.25, 0.3) is 0 Å². The van der Waals surface area contributed by atoms with Crippen LogP contribution in [0.25, 0.3) is 0 Å². The lowest BCUT2D eigenvalue weighted by molar-refractivity contribution is -0.133. The second kappa shape index (κ2) is 9.05. The number of nitrogens with zero attached hydrogens (tertiary/aromatic N) is 6. The van der Waals surface area contributed by atoms with Gasteiger partial charge in [-0.3, -0.25) is 14.5 Å². The fraction of sp³-hybridized carbons (Fsp3) is 0.550. The summed E-state index contributed by atoms with van der Waals surface area (Å²) in [4.78, 5) is 29.5. The SMILES string of the molecule is CC(C)N(C)Cc1nnnn1CC(=O)N1CCC[C@@H](C(=O)c2ccccc2)C1. The highest BCUT2D eigenvalue weighted by Crippen LogP contribution is 2.21. The number of likely N-dealkylation sites (tertiary alicyclic amines) is 1. The molecule has 0 N–H and O–H groups in total. The number of carbonyl (C=O) groups excluding carboxylic acids is 2. The van der Waals surface area contributed by atoms with E-state index in [1.54, 1.807) is 9.58 Å². The van der Waals surface area contributed by atoms with Crippen molar-refractivity contribution in [3.05, 3.63) is 41.7 Å². The van der Waals surface area contributed by atoms with Gasteiger partial charge in [0.05, 0.1) is 6.54 Å². The Bertz CT molecular complexity index is 804. The third-order valence-corrected chi connectivity index (χ3v) is 5.37. The fourth-order valence-electron chi connectivity index (χ4n) is 3.35. The summed E-state index contributed by atoms with van der Waals surface area (Å²) in [6, 6.07) is 9.66. The molecule has 0 bridgehead atoms. The summed E-state index contributed by atoms with van der Waals surface area (Å²) < 4.78 is 1.56. The van der Waals surface area contributed by atoms with E-state index in [0.29, 0.717) is 37.1 Å². The van der Waals surface area contributed by atoms with Crippen LogP contribution in [0.15, 0.2) is 30.3 Å². The average molecular weight is 384 g/mol. The largest absolute Gasteiger partial charge is 0.340 e. The lowest BCUT2D eigenvalue weighted by atomic mass is 9.90. The van der Waals surface area contributed by atoms with Gasteiger partial charge in [-0.25, -0.2) is 4.68 Å². The zero-order valence-corrected chi connectivity index (χ0v) is 16.8. The van der Waals surface area contributed by atoms with Crippen molar-refractivity contribution in [3.8, 4) is 0 Å². The number of rotatable bonds is 7. The second-order valence-corrected chi connectivity index (χ2v) is 7.67. The highest BCUT2D eigenvalue weighted by atomic mass is 16.2. The van der Waals surface area contributed by atoms with Crippen molar-refractivity contribution >= 4 is 11.7 Å². The van der Waals surface area contributed by atoms with Crippen LogP contribution in [0, 0.1) is 5.92 Å². The first-order valence-electron chi connectivity index (χ1n) is 9.78. The molecular formula is C20H28N6O2. The Balaban J connectivity index is 1.62. The predicted molar refractivity (Wildman–Crippen MR) is 104 cm³/mol. The van der Waals surface area contributed by atoms with Crippen molar-refractivity contribution < 1.29 is 9.59 Å². The highest BCUT2D eigenvalue weighted by molar-refractivity contribution is 5.98. The molecule has 1 amide bonds. The van der Waals surface area contributed by atoms with E-state index in [-0.39, 0.29) is 24.2 Å². The number of Topliss-reactive ketones (excluding diaryl/α,β-unsaturated/α-hetero) is 1. The number of benzene rings is 1. The van der Waals surface area contributed by atoms with Gasteiger partial charge in [-0.15, -0.1) is 5.10 Å². The standard InChI is InChI=1S/C20H28N6O2/c1-15(2)24(3)13-18-21-22-23-26(18)14-19(27)25-11-7-10-17(12-25)20(28)16-8-5-4-6-9-16/h4-6,8-9,15,17H,7,10-14H2,1-3H3/t17-/m1/s1. The Kier molecular flexibility index (Phi) is 6.51. The summed E-state index contributed by atoms with van der Waals surface area (Å²) in [7, 11) is 2.00. The van der Waals surface area contributed by atoms with Crippen molar-refractivity contribution in [3.63, 3.8) is 0 Å². The number of hydrogen-bond acceptors (Lipinski definition) is 6. The molecule has 2 heterocycles. The van der Waals surface area contributed by atoms with Crippen molar-refractivity contribution in [1.82, 2.24) is 30.0 Å². The molecule has 1 atom stereocenters. The summed E-state index contributed by atoms with van der Waals surface area (Å²) in [5.74, 6) is 0.574. The van der Waals surface area contributed by atoms with Gasteiger partial charge < -0.3 is 4.90 Å². The van der Waals surface area contributed by atoms with Crippen LogP contribution in [0.3, 0.4) is 0 Å². The predicted octanol–water partition coefficient (Wildman–Crippen LogP) is 1.63. The van der Waals surface area contributed by atoms with Crippen LogP contribution < -0.4 is 0 Å². The number of piperidine rings is 1. The van der Waals surface area contributed by atoms with Crippen LogP contribution in [-0.4, -0.2) is 67.9 Å². The quantitative estimate of drug-likeness (QED) is 0.675. The normalized spacial score (nSPS) is 17.3. The maximum atomic E-state index is 12.8. The monoisotopic (exact) mass is 384 g/mol. The molecular weight excluding hydrogens is 356 g/mol. The lowest BCUT2D eigenvalue weighted by Crippen LogP contribution is -2.44. The summed E-state index contributed by atoms with van der Waals surface area (Å²) in [6.45, 7) is 5.98. The molecule has 1 aromatic heterocycles. The molecule has 28 heavy (non-hydrogen) atoms. The van der Waals surface area contributed by atoms with Crippen LogP contribution in [0.5, 0.6) is 0 Å². The van der Waals surface area contributed by atoms with Gasteiger partial charge in [0.2, 0.25) is 5.91 Å². The Hall–Kier alpha value is -2.61. The number of hydrogen-bond donors (Lipinski definition) is 0. The topological polar surface area (TPSA) is 84.2 Å². The van der Waals surface area contributed by atoms with Gasteiger partial charge in [0.15, 0.2) is 11.6 Å². The number of ketones is 1. The van der Waals surface area contributed by atoms with Gasteiger partial charge in [-0.05, 0) is 44.2 Å². The fourth-order valence-corrected chi connectivity index (χ4v) is 3.35. The molecule has 0 radical (unpaired) electrons. The molecule has 8 nitrogen and oxygen atoms in total. The molecule has 1 aliphatic heterocycles. The number of aromatic nitrogens is 4. The second-order valence-electron chi connectivity index (χ2n) is 7.67. The molecule has 0 spiro atoms. The van der Waals surface area contributed by atoms with Crippen molar-refractivity contribution in [2.24, 2.45) is 5.92 Å². The molecule has 3 rings (SSSR count). The highest BCUT2D eigenvalue weighted by Gasteiger charge is 2.29. The third-order valence-electron chi connectivity index (χ3n) is 5.37. The van der Waals surface area contributed by atoms with E-state index in [2.05, 4.69) is 34.3 Å². The average Bonchev–Trinajstić information content (AvgIpc) is 3.14. The lowest BCUT2D eigenvalue weighted by Gasteiger charge is -2.32. The molecule has 2 aromatic rings. The molecule has 1 aromatic carbocycles. The van der Waals surface area contributed by atoms with E-state index in [4.69, 9.17) is 0 Å². The summed E-state index contributed by atoms with van der Waals surface area (Å²) >= 11 is 0. The maximum Gasteiger partial charge on any atom is 0.244 e. The molecule has 1 saturated heterocycles. The van der Waals surface area contributed by atoms with E-state index < -0.39 is 0 Å². The number of tetrazole rings is 1. The molecule has 150 valence electrons. The van der Waals surface area contributed by atoms with Gasteiger partial charge in [0, 0.05) is 30.6 Å². The first-order valence-corrected chi connectivity index (χ1v) is 9.78. The van der Waals surface area contributed by atoms with E-state index >= 15 is 0 Å². The van der Waals surface area contributed by atoms with Gasteiger partial charge in [-0.1, -0.05) is 30.3 Å². The van der Waals surface area contributed by atoms with Crippen LogP contribution in [0.4, 0.5) is 0 Å². The minimum Gasteiger partial charge on any atom is -0.340 e. The molecule has 0 aliphatic carbocycles. The molecule has 0 saturated carbocycles. The summed E-state index contributed by atoms with van der Waals surface area (Å²) in [6.07, 6.45) is 1.64. The maximum absolute atomic E-state index is 12.8. The number of carbonyl (C=O) groups is 2. The van der Waals surface area contributed by atoms with Crippen molar-refractivity contribution in [2.45, 2.75) is 45.8 Å². The van der Waals surface area contributed by atoms with Crippen LogP contribution >= 0.6 is 0 Å². The Morgan fingerprint density at radius 2 is 2.00 bits per heavy atom. The van der Waals surface area contributed by atoms with Gasteiger partial charge in [-0.2, -0.15) is 0 Å². The minimum atomic E-state index is -0.152. The molecule has 1 aliphatic rings. The van der Waals surface area contributed by atoms with E-state index in [9.17, 15) is 9.59 Å². The van der Waals surface area contributed by atoms with Gasteiger partial charge >= 0.3 is 0 Å². The Morgan fingerprint density at radius 3 is 2.71 bits per heavy atom. The van der Waals surface area contributed by atoms with E-state index in [1.807, 2.05) is 37.4 Å². The van der Waals surface area contributed by atoms with Crippen molar-refractivity contribution in [1.29, 1.82) is 0 Å².